The van der Waals surface area contributed by atoms with Crippen LogP contribution >= 0.6 is 11.8 Å². The molecule has 2 aromatic heterocycles. The molecular weight excluding hydrogens is 496 g/mol. The first-order chi connectivity index (χ1) is 17.5. The standard InChI is InChI=1S/C25H24N6O5S/c1-13-10-14(2)20(15(3)11-13)26-18(32)12-37-23-19-22(29(4)25(34)30(5)24(19)33)27-21(28-23)16-6-8-17(9-7-16)31(35)36/h6-11H,12H2,1-5H3,(H,26,32). The molecule has 12 heteroatoms. The van der Waals surface area contributed by atoms with Crippen molar-refractivity contribution in [1.29, 1.82) is 0 Å². The monoisotopic (exact) mass is 520 g/mol. The molecule has 2 aromatic carbocycles. The number of benzene rings is 2. The van der Waals surface area contributed by atoms with Crippen LogP contribution < -0.4 is 16.6 Å². The molecule has 2 heterocycles. The van der Waals surface area contributed by atoms with Crippen molar-refractivity contribution in [2.75, 3.05) is 11.1 Å². The second-order valence-electron chi connectivity index (χ2n) is 8.67. The van der Waals surface area contributed by atoms with Crippen molar-refractivity contribution in [3.8, 4) is 11.4 Å². The lowest BCUT2D eigenvalue weighted by molar-refractivity contribution is -0.384. The number of carbonyl (C=O) groups excluding carboxylic acids is 1. The summed E-state index contributed by atoms with van der Waals surface area (Å²) in [5.41, 5.74) is 3.01. The first-order valence-corrected chi connectivity index (χ1v) is 12.2. The summed E-state index contributed by atoms with van der Waals surface area (Å²) >= 11 is 1.05. The number of nitrogens with one attached hydrogen (secondary N) is 1. The van der Waals surface area contributed by atoms with Crippen LogP contribution in [0.3, 0.4) is 0 Å². The maximum atomic E-state index is 13.0. The maximum absolute atomic E-state index is 13.0. The number of nitrogens with zero attached hydrogens (tertiary/aromatic N) is 5. The zero-order valence-electron chi connectivity index (χ0n) is 20.9. The van der Waals surface area contributed by atoms with E-state index in [0.29, 0.717) is 5.56 Å². The fourth-order valence-electron chi connectivity index (χ4n) is 4.08. The Bertz CT molecular complexity index is 1670. The number of rotatable bonds is 6. The van der Waals surface area contributed by atoms with Crippen molar-refractivity contribution in [1.82, 2.24) is 19.1 Å². The van der Waals surface area contributed by atoms with Crippen LogP contribution in [0.25, 0.3) is 22.4 Å². The third kappa shape index (κ3) is 5.00. The molecule has 37 heavy (non-hydrogen) atoms. The minimum absolute atomic E-state index is 0.0510. The molecule has 0 spiro atoms. The van der Waals surface area contributed by atoms with E-state index in [1.807, 2.05) is 32.9 Å². The molecule has 0 fully saturated rings. The van der Waals surface area contributed by atoms with Crippen molar-refractivity contribution < 1.29 is 9.72 Å². The number of hydrogen-bond donors (Lipinski definition) is 1. The Hall–Kier alpha value is -4.32. The number of nitro benzene ring substituents is 1. The van der Waals surface area contributed by atoms with E-state index in [2.05, 4.69) is 15.3 Å². The molecule has 0 aliphatic rings. The van der Waals surface area contributed by atoms with Gasteiger partial charge in [-0.2, -0.15) is 0 Å². The van der Waals surface area contributed by atoms with E-state index >= 15 is 0 Å². The summed E-state index contributed by atoms with van der Waals surface area (Å²) in [5.74, 6) is -0.172. The minimum Gasteiger partial charge on any atom is -0.325 e. The Kier molecular flexibility index (Phi) is 6.94. The fraction of sp³-hybridized carbons (Fsp3) is 0.240. The average molecular weight is 521 g/mol. The number of non-ortho nitro benzene ring substituents is 1. The molecule has 11 nitrogen and oxygen atoms in total. The molecule has 0 aliphatic carbocycles. The van der Waals surface area contributed by atoms with E-state index in [9.17, 15) is 24.5 Å². The highest BCUT2D eigenvalue weighted by molar-refractivity contribution is 8.00. The lowest BCUT2D eigenvalue weighted by Crippen LogP contribution is -2.37. The van der Waals surface area contributed by atoms with Crippen molar-refractivity contribution >= 4 is 40.1 Å². The molecule has 0 aliphatic heterocycles. The maximum Gasteiger partial charge on any atom is 0.332 e. The predicted octanol–water partition coefficient (Wildman–Crippen LogP) is 3.26. The number of carbonyl (C=O) groups is 1. The van der Waals surface area contributed by atoms with Gasteiger partial charge < -0.3 is 5.32 Å². The van der Waals surface area contributed by atoms with Crippen LogP contribution in [0.5, 0.6) is 0 Å². The van der Waals surface area contributed by atoms with Crippen molar-refractivity contribution in [3.05, 3.63) is 84.0 Å². The number of amides is 1. The van der Waals surface area contributed by atoms with E-state index in [0.717, 1.165) is 38.7 Å². The van der Waals surface area contributed by atoms with E-state index in [4.69, 9.17) is 0 Å². The van der Waals surface area contributed by atoms with Gasteiger partial charge in [0, 0.05) is 37.5 Å². The number of hydrogen-bond acceptors (Lipinski definition) is 8. The van der Waals surface area contributed by atoms with E-state index in [1.165, 1.54) is 42.9 Å². The highest BCUT2D eigenvalue weighted by atomic mass is 32.2. The second kappa shape index (κ2) is 9.97. The Balaban J connectivity index is 1.76. The Morgan fingerprint density at radius 2 is 1.65 bits per heavy atom. The molecule has 0 saturated carbocycles. The number of anilines is 1. The highest BCUT2D eigenvalue weighted by Crippen LogP contribution is 2.28. The lowest BCUT2D eigenvalue weighted by Gasteiger charge is -2.14. The van der Waals surface area contributed by atoms with Crippen LogP contribution in [-0.4, -0.2) is 35.7 Å². The van der Waals surface area contributed by atoms with Crippen LogP contribution in [-0.2, 0) is 18.9 Å². The van der Waals surface area contributed by atoms with E-state index in [-0.39, 0.29) is 39.2 Å². The molecule has 0 saturated heterocycles. The summed E-state index contributed by atoms with van der Waals surface area (Å²) in [7, 11) is 2.85. The molecule has 0 unspecified atom stereocenters. The summed E-state index contributed by atoms with van der Waals surface area (Å²) in [6.45, 7) is 5.82. The molecule has 190 valence electrons. The highest BCUT2D eigenvalue weighted by Gasteiger charge is 2.20. The number of fused-ring (bicyclic) bond motifs is 1. The van der Waals surface area contributed by atoms with Gasteiger partial charge in [-0.05, 0) is 44.0 Å². The minimum atomic E-state index is -0.582. The lowest BCUT2D eigenvalue weighted by atomic mass is 10.1. The van der Waals surface area contributed by atoms with Gasteiger partial charge in [0.2, 0.25) is 5.91 Å². The number of thioether (sulfide) groups is 1. The SMILES string of the molecule is Cc1cc(C)c(NC(=O)CSc2nc(-c3ccc([N+](=O)[O-])cc3)nc3c2c(=O)n(C)c(=O)n3C)c(C)c1. The zero-order chi connectivity index (χ0) is 27.0. The fourth-order valence-corrected chi connectivity index (χ4v) is 4.90. The molecule has 0 atom stereocenters. The van der Waals surface area contributed by atoms with Gasteiger partial charge in [-0.1, -0.05) is 29.5 Å². The predicted molar refractivity (Wildman–Crippen MR) is 142 cm³/mol. The van der Waals surface area contributed by atoms with Crippen LogP contribution in [0.1, 0.15) is 16.7 Å². The van der Waals surface area contributed by atoms with Crippen molar-refractivity contribution in [2.24, 2.45) is 14.1 Å². The quantitative estimate of drug-likeness (QED) is 0.177. The molecule has 4 rings (SSSR count). The topological polar surface area (TPSA) is 142 Å². The summed E-state index contributed by atoms with van der Waals surface area (Å²) in [6, 6.07) is 9.57. The molecule has 1 N–H and O–H groups in total. The van der Waals surface area contributed by atoms with Gasteiger partial charge in [-0.15, -0.1) is 0 Å². The van der Waals surface area contributed by atoms with Crippen molar-refractivity contribution in [2.45, 2.75) is 25.8 Å². The Morgan fingerprint density at radius 1 is 1.03 bits per heavy atom. The van der Waals surface area contributed by atoms with Gasteiger partial charge in [-0.3, -0.25) is 28.8 Å². The zero-order valence-corrected chi connectivity index (χ0v) is 21.7. The Morgan fingerprint density at radius 3 is 2.24 bits per heavy atom. The average Bonchev–Trinajstić information content (AvgIpc) is 2.86. The van der Waals surface area contributed by atoms with Gasteiger partial charge in [0.15, 0.2) is 11.5 Å². The van der Waals surface area contributed by atoms with Crippen LogP contribution in [0.2, 0.25) is 0 Å². The smallest absolute Gasteiger partial charge is 0.325 e. The molecular formula is C25H24N6O5S. The summed E-state index contributed by atoms with van der Waals surface area (Å²) < 4.78 is 2.19. The third-order valence-corrected chi connectivity index (χ3v) is 6.86. The number of aromatic nitrogens is 4. The molecule has 0 radical (unpaired) electrons. The molecule has 1 amide bonds. The van der Waals surface area contributed by atoms with Crippen LogP contribution in [0.15, 0.2) is 51.0 Å². The number of nitro groups is 1. The summed E-state index contributed by atoms with van der Waals surface area (Å²) in [4.78, 5) is 57.9. The van der Waals surface area contributed by atoms with Gasteiger partial charge in [0.05, 0.1) is 10.7 Å². The van der Waals surface area contributed by atoms with Gasteiger partial charge in [-0.25, -0.2) is 14.8 Å². The van der Waals surface area contributed by atoms with Crippen molar-refractivity contribution in [3.63, 3.8) is 0 Å². The van der Waals surface area contributed by atoms with E-state index < -0.39 is 16.2 Å². The Labute approximate surface area is 215 Å². The van der Waals surface area contributed by atoms with Gasteiger partial charge in [0.25, 0.3) is 11.2 Å². The molecule has 0 bridgehead atoms. The van der Waals surface area contributed by atoms with Crippen LogP contribution in [0.4, 0.5) is 11.4 Å². The summed E-state index contributed by atoms with van der Waals surface area (Å²) in [5, 5.41) is 14.3. The van der Waals surface area contributed by atoms with E-state index in [1.54, 1.807) is 0 Å². The van der Waals surface area contributed by atoms with Gasteiger partial charge in [0.1, 0.15) is 10.4 Å². The summed E-state index contributed by atoms with van der Waals surface area (Å²) in [6.07, 6.45) is 0. The normalized spacial score (nSPS) is 11.1. The number of aryl methyl sites for hydroxylation is 4. The van der Waals surface area contributed by atoms with Crippen LogP contribution in [0, 0.1) is 30.9 Å². The second-order valence-corrected chi connectivity index (χ2v) is 9.64. The van der Waals surface area contributed by atoms with Gasteiger partial charge >= 0.3 is 5.69 Å². The third-order valence-electron chi connectivity index (χ3n) is 5.88. The first-order valence-electron chi connectivity index (χ1n) is 11.2. The first kappa shape index (κ1) is 25.8. The largest absolute Gasteiger partial charge is 0.332 e. The molecule has 4 aromatic rings.